The minimum Gasteiger partial charge on any atom is -0.478 e. The van der Waals surface area contributed by atoms with Gasteiger partial charge < -0.3 is 15.0 Å². The molecule has 0 radical (unpaired) electrons. The van der Waals surface area contributed by atoms with E-state index >= 15 is 0 Å². The second kappa shape index (κ2) is 7.44. The van der Waals surface area contributed by atoms with Gasteiger partial charge in [0.2, 0.25) is 11.8 Å². The molecule has 0 aromatic carbocycles. The molecule has 2 aromatic rings. The minimum absolute atomic E-state index is 0.0894. The van der Waals surface area contributed by atoms with Gasteiger partial charge in [0.25, 0.3) is 0 Å². The van der Waals surface area contributed by atoms with Crippen LogP contribution in [0.4, 0.5) is 0 Å². The molecule has 1 N–H and O–H groups in total. The molecule has 0 spiro atoms. The summed E-state index contributed by atoms with van der Waals surface area (Å²) in [4.78, 5) is 18.9. The topological polar surface area (TPSA) is 72.3 Å². The summed E-state index contributed by atoms with van der Waals surface area (Å²) in [6, 6.07) is 5.66. The number of carbonyl (C=O) groups excluding carboxylic acids is 1. The molecule has 2 aromatic heterocycles. The molecule has 0 bridgehead atoms. The van der Waals surface area contributed by atoms with Gasteiger partial charge in [-0.1, -0.05) is 6.07 Å². The van der Waals surface area contributed by atoms with E-state index in [4.69, 9.17) is 4.74 Å². The number of pyridine rings is 1. The Morgan fingerprint density at radius 2 is 2.33 bits per heavy atom. The van der Waals surface area contributed by atoms with Crippen molar-refractivity contribution in [3.63, 3.8) is 0 Å². The smallest absolute Gasteiger partial charge is 0.228 e. The zero-order chi connectivity index (χ0) is 16.9. The lowest BCUT2D eigenvalue weighted by molar-refractivity contribution is -0.131. The third-order valence-electron chi connectivity index (χ3n) is 4.06. The van der Waals surface area contributed by atoms with Crippen LogP contribution in [0.2, 0.25) is 0 Å². The number of ether oxygens (including phenoxy) is 1. The average Bonchev–Trinajstić information content (AvgIpc) is 3.02. The first kappa shape index (κ1) is 16.4. The molecule has 3 heterocycles. The lowest BCUT2D eigenvalue weighted by atomic mass is 10.1. The molecule has 1 saturated heterocycles. The first-order chi connectivity index (χ1) is 11.7. The van der Waals surface area contributed by atoms with Crippen molar-refractivity contribution in [3.05, 3.63) is 41.9 Å². The predicted molar refractivity (Wildman–Crippen MR) is 89.6 cm³/mol. The van der Waals surface area contributed by atoms with E-state index in [2.05, 4.69) is 15.4 Å². The summed E-state index contributed by atoms with van der Waals surface area (Å²) in [6.45, 7) is 4.61. The molecule has 1 amide bonds. The predicted octanol–water partition coefficient (Wildman–Crippen LogP) is 0.929. The molecule has 0 saturated carbocycles. The van der Waals surface area contributed by atoms with Crippen LogP contribution in [0.3, 0.4) is 0 Å². The Morgan fingerprint density at radius 1 is 1.46 bits per heavy atom. The molecular formula is C17H23N5O2. The van der Waals surface area contributed by atoms with E-state index in [1.807, 2.05) is 43.4 Å². The molecule has 1 atom stereocenters. The number of rotatable bonds is 5. The normalized spacial score (nSPS) is 17.8. The highest BCUT2D eigenvalue weighted by Crippen LogP contribution is 2.17. The van der Waals surface area contributed by atoms with Gasteiger partial charge in [-0.2, -0.15) is 5.10 Å². The Morgan fingerprint density at radius 3 is 3.08 bits per heavy atom. The van der Waals surface area contributed by atoms with Crippen molar-refractivity contribution in [3.8, 4) is 5.88 Å². The SMILES string of the molecule is CCOc1cccc(CC(=O)N2CCNC(c3cnn(C)c3)C2)n1. The van der Waals surface area contributed by atoms with Crippen LogP contribution in [0.5, 0.6) is 5.88 Å². The fourth-order valence-corrected chi connectivity index (χ4v) is 2.87. The van der Waals surface area contributed by atoms with Crippen molar-refractivity contribution in [2.75, 3.05) is 26.2 Å². The van der Waals surface area contributed by atoms with Crippen LogP contribution in [-0.4, -0.2) is 51.8 Å². The van der Waals surface area contributed by atoms with Crippen molar-refractivity contribution in [2.24, 2.45) is 7.05 Å². The first-order valence-electron chi connectivity index (χ1n) is 8.24. The van der Waals surface area contributed by atoms with Gasteiger partial charge in [0.05, 0.1) is 31.0 Å². The molecule has 128 valence electrons. The van der Waals surface area contributed by atoms with Gasteiger partial charge in [-0.25, -0.2) is 4.98 Å². The third kappa shape index (κ3) is 3.91. The second-order valence-electron chi connectivity index (χ2n) is 5.87. The van der Waals surface area contributed by atoms with Crippen LogP contribution < -0.4 is 10.1 Å². The van der Waals surface area contributed by atoms with Crippen molar-refractivity contribution in [1.82, 2.24) is 25.0 Å². The maximum absolute atomic E-state index is 12.6. The molecule has 7 nitrogen and oxygen atoms in total. The van der Waals surface area contributed by atoms with Crippen LogP contribution in [-0.2, 0) is 18.3 Å². The number of nitrogens with zero attached hydrogens (tertiary/aromatic N) is 4. The third-order valence-corrected chi connectivity index (χ3v) is 4.06. The van der Waals surface area contributed by atoms with Gasteiger partial charge in [0.15, 0.2) is 0 Å². The summed E-state index contributed by atoms with van der Waals surface area (Å²) in [5.41, 5.74) is 1.84. The fraction of sp³-hybridized carbons (Fsp3) is 0.471. The summed E-state index contributed by atoms with van der Waals surface area (Å²) >= 11 is 0. The van der Waals surface area contributed by atoms with E-state index in [9.17, 15) is 4.79 Å². The molecule has 1 aliphatic heterocycles. The zero-order valence-corrected chi connectivity index (χ0v) is 14.1. The molecular weight excluding hydrogens is 306 g/mol. The second-order valence-corrected chi connectivity index (χ2v) is 5.87. The maximum Gasteiger partial charge on any atom is 0.228 e. The summed E-state index contributed by atoms with van der Waals surface area (Å²) in [7, 11) is 1.90. The van der Waals surface area contributed by atoms with Crippen LogP contribution >= 0.6 is 0 Å². The van der Waals surface area contributed by atoms with Crippen LogP contribution in [0, 0.1) is 0 Å². The maximum atomic E-state index is 12.6. The van der Waals surface area contributed by atoms with Crippen LogP contribution in [0.1, 0.15) is 24.2 Å². The highest BCUT2D eigenvalue weighted by Gasteiger charge is 2.25. The molecule has 1 unspecified atom stereocenters. The van der Waals surface area contributed by atoms with Gasteiger partial charge in [-0.3, -0.25) is 9.48 Å². The zero-order valence-electron chi connectivity index (χ0n) is 14.1. The number of aromatic nitrogens is 3. The van der Waals surface area contributed by atoms with Crippen molar-refractivity contribution in [2.45, 2.75) is 19.4 Å². The number of carbonyl (C=O) groups is 1. The number of nitrogens with one attached hydrogen (secondary N) is 1. The van der Waals surface area contributed by atoms with Crippen molar-refractivity contribution < 1.29 is 9.53 Å². The monoisotopic (exact) mass is 329 g/mol. The highest BCUT2D eigenvalue weighted by atomic mass is 16.5. The van der Waals surface area contributed by atoms with E-state index in [0.29, 0.717) is 32.0 Å². The standard InChI is InChI=1S/C17H23N5O2/c1-3-24-16-6-4-5-14(20-16)9-17(23)22-8-7-18-15(12-22)13-10-19-21(2)11-13/h4-6,10-11,15,18H,3,7-9,12H2,1-2H3. The number of hydrogen-bond acceptors (Lipinski definition) is 5. The Balaban J connectivity index is 1.63. The van der Waals surface area contributed by atoms with Gasteiger partial charge >= 0.3 is 0 Å². The Hall–Kier alpha value is -2.41. The highest BCUT2D eigenvalue weighted by molar-refractivity contribution is 5.78. The lowest BCUT2D eigenvalue weighted by Gasteiger charge is -2.33. The van der Waals surface area contributed by atoms with E-state index < -0.39 is 0 Å². The van der Waals surface area contributed by atoms with Crippen molar-refractivity contribution in [1.29, 1.82) is 0 Å². The van der Waals surface area contributed by atoms with Gasteiger partial charge in [-0.15, -0.1) is 0 Å². The number of aryl methyl sites for hydroxylation is 1. The number of hydrogen-bond donors (Lipinski definition) is 1. The van der Waals surface area contributed by atoms with E-state index in [1.54, 1.807) is 10.7 Å². The Bertz CT molecular complexity index is 700. The quantitative estimate of drug-likeness (QED) is 0.883. The summed E-state index contributed by atoms with van der Waals surface area (Å²) in [5, 5.41) is 7.65. The molecule has 7 heteroatoms. The largest absolute Gasteiger partial charge is 0.478 e. The van der Waals surface area contributed by atoms with Crippen molar-refractivity contribution >= 4 is 5.91 Å². The Labute approximate surface area is 141 Å². The molecule has 1 fully saturated rings. The van der Waals surface area contributed by atoms with E-state index in [0.717, 1.165) is 17.8 Å². The van der Waals surface area contributed by atoms with Gasteiger partial charge in [-0.05, 0) is 13.0 Å². The summed E-state index contributed by atoms with van der Waals surface area (Å²) < 4.78 is 7.17. The van der Waals surface area contributed by atoms with Crippen LogP contribution in [0.25, 0.3) is 0 Å². The number of piperazine rings is 1. The summed E-state index contributed by atoms with van der Waals surface area (Å²) in [5.74, 6) is 0.655. The number of amides is 1. The fourth-order valence-electron chi connectivity index (χ4n) is 2.87. The molecule has 3 rings (SSSR count). The van der Waals surface area contributed by atoms with E-state index in [1.165, 1.54) is 0 Å². The molecule has 1 aliphatic rings. The van der Waals surface area contributed by atoms with Gasteiger partial charge in [0.1, 0.15) is 0 Å². The van der Waals surface area contributed by atoms with Gasteiger partial charge in [0, 0.05) is 44.5 Å². The van der Waals surface area contributed by atoms with Crippen LogP contribution in [0.15, 0.2) is 30.6 Å². The lowest BCUT2D eigenvalue weighted by Crippen LogP contribution is -2.48. The average molecular weight is 329 g/mol. The summed E-state index contributed by atoms with van der Waals surface area (Å²) in [6.07, 6.45) is 4.12. The first-order valence-corrected chi connectivity index (χ1v) is 8.24. The Kier molecular flexibility index (Phi) is 5.10. The molecule has 24 heavy (non-hydrogen) atoms. The minimum atomic E-state index is 0.0894. The van der Waals surface area contributed by atoms with E-state index in [-0.39, 0.29) is 11.9 Å². The molecule has 0 aliphatic carbocycles.